The number of rotatable bonds is 5. The maximum absolute atomic E-state index is 12.8. The highest BCUT2D eigenvalue weighted by Gasteiger charge is 2.19. The molecule has 0 unspecified atom stereocenters. The quantitative estimate of drug-likeness (QED) is 0.771. The highest BCUT2D eigenvalue weighted by Crippen LogP contribution is 2.30. The first-order chi connectivity index (χ1) is 10.1. The monoisotopic (exact) mass is 350 g/mol. The van der Waals surface area contributed by atoms with Gasteiger partial charge in [-0.05, 0) is 36.4 Å². The van der Waals surface area contributed by atoms with E-state index in [1.165, 1.54) is 14.2 Å². The van der Waals surface area contributed by atoms with Crippen LogP contribution in [0.2, 0.25) is 0 Å². The van der Waals surface area contributed by atoms with E-state index >= 15 is 0 Å². The molecule has 0 saturated heterocycles. The van der Waals surface area contributed by atoms with E-state index in [0.717, 1.165) is 4.47 Å². The Morgan fingerprint density at radius 1 is 0.857 bits per heavy atom. The largest absolute Gasteiger partial charge is 0.497 e. The van der Waals surface area contributed by atoms with E-state index < -0.39 is 0 Å². The minimum atomic E-state index is -0.185. The van der Waals surface area contributed by atoms with Crippen molar-refractivity contribution in [1.29, 1.82) is 0 Å². The summed E-state index contributed by atoms with van der Waals surface area (Å²) in [6.45, 7) is 0. The lowest BCUT2D eigenvalue weighted by atomic mass is 10.0. The normalized spacial score (nSPS) is 10.1. The van der Waals surface area contributed by atoms with Crippen LogP contribution in [0.15, 0.2) is 40.9 Å². The van der Waals surface area contributed by atoms with Gasteiger partial charge in [-0.2, -0.15) is 0 Å². The van der Waals surface area contributed by atoms with Crippen molar-refractivity contribution in [1.82, 2.24) is 0 Å². The van der Waals surface area contributed by atoms with Gasteiger partial charge in [0.15, 0.2) is 0 Å². The van der Waals surface area contributed by atoms with Gasteiger partial charge in [0.05, 0.1) is 32.5 Å². The smallest absolute Gasteiger partial charge is 0.200 e. The van der Waals surface area contributed by atoms with Crippen molar-refractivity contribution in [2.45, 2.75) is 0 Å². The van der Waals surface area contributed by atoms with Crippen LogP contribution >= 0.6 is 15.9 Å². The number of ether oxygens (including phenoxy) is 3. The highest BCUT2D eigenvalue weighted by molar-refractivity contribution is 9.10. The molecule has 2 rings (SSSR count). The molecule has 0 heterocycles. The van der Waals surface area contributed by atoms with Crippen molar-refractivity contribution in [3.8, 4) is 17.2 Å². The highest BCUT2D eigenvalue weighted by atomic mass is 79.9. The van der Waals surface area contributed by atoms with Crippen LogP contribution in [-0.2, 0) is 0 Å². The van der Waals surface area contributed by atoms with E-state index in [0.29, 0.717) is 28.4 Å². The van der Waals surface area contributed by atoms with Crippen LogP contribution in [0.3, 0.4) is 0 Å². The number of hydrogen-bond donors (Lipinski definition) is 0. The van der Waals surface area contributed by atoms with Crippen LogP contribution in [0.5, 0.6) is 17.2 Å². The topological polar surface area (TPSA) is 44.8 Å². The SMILES string of the molecule is COc1ccc(OC)c(C(=O)c2ccc(Br)cc2OC)c1. The second-order valence-corrected chi connectivity index (χ2v) is 5.16. The average molecular weight is 351 g/mol. The van der Waals surface area contributed by atoms with Gasteiger partial charge in [0, 0.05) is 4.47 Å². The predicted octanol–water partition coefficient (Wildman–Crippen LogP) is 3.71. The maximum Gasteiger partial charge on any atom is 0.200 e. The number of carbonyl (C=O) groups excluding carboxylic acids is 1. The van der Waals surface area contributed by atoms with E-state index in [4.69, 9.17) is 14.2 Å². The third-order valence-electron chi connectivity index (χ3n) is 3.06. The lowest BCUT2D eigenvalue weighted by Gasteiger charge is -2.12. The molecular weight excluding hydrogens is 336 g/mol. The summed E-state index contributed by atoms with van der Waals surface area (Å²) in [5, 5.41) is 0. The van der Waals surface area contributed by atoms with Gasteiger partial charge in [0.25, 0.3) is 0 Å². The van der Waals surface area contributed by atoms with Crippen molar-refractivity contribution >= 4 is 21.7 Å². The molecule has 0 bridgehead atoms. The summed E-state index contributed by atoms with van der Waals surface area (Å²) in [7, 11) is 4.61. The molecular formula is C16H15BrO4. The number of halogens is 1. The minimum Gasteiger partial charge on any atom is -0.497 e. The fraction of sp³-hybridized carbons (Fsp3) is 0.188. The van der Waals surface area contributed by atoms with Crippen molar-refractivity contribution in [2.24, 2.45) is 0 Å². The molecule has 2 aromatic rings. The Balaban J connectivity index is 2.53. The molecule has 0 aliphatic rings. The third kappa shape index (κ3) is 3.19. The maximum atomic E-state index is 12.8. The molecule has 0 spiro atoms. The van der Waals surface area contributed by atoms with Crippen molar-refractivity contribution in [3.63, 3.8) is 0 Å². The number of methoxy groups -OCH3 is 3. The Bertz CT molecular complexity index is 667. The lowest BCUT2D eigenvalue weighted by Crippen LogP contribution is -2.06. The second kappa shape index (κ2) is 6.63. The summed E-state index contributed by atoms with van der Waals surface area (Å²) in [5.74, 6) is 1.40. The Labute approximate surface area is 131 Å². The molecule has 21 heavy (non-hydrogen) atoms. The Morgan fingerprint density at radius 2 is 1.57 bits per heavy atom. The molecule has 0 N–H and O–H groups in total. The standard InChI is InChI=1S/C16H15BrO4/c1-19-11-5-7-14(20-2)13(9-11)16(18)12-6-4-10(17)8-15(12)21-3/h4-9H,1-3H3. The van der Waals surface area contributed by atoms with Crippen LogP contribution in [0, 0.1) is 0 Å². The zero-order chi connectivity index (χ0) is 15.4. The van der Waals surface area contributed by atoms with Crippen molar-refractivity contribution in [2.75, 3.05) is 21.3 Å². The number of hydrogen-bond acceptors (Lipinski definition) is 4. The molecule has 0 radical (unpaired) electrons. The summed E-state index contributed by atoms with van der Waals surface area (Å²) in [6, 6.07) is 10.4. The fourth-order valence-corrected chi connectivity index (χ4v) is 2.33. The summed E-state index contributed by atoms with van der Waals surface area (Å²) in [6.07, 6.45) is 0. The van der Waals surface area contributed by atoms with E-state index in [2.05, 4.69) is 15.9 Å². The van der Waals surface area contributed by atoms with Gasteiger partial charge >= 0.3 is 0 Å². The Morgan fingerprint density at radius 3 is 2.19 bits per heavy atom. The van der Waals surface area contributed by atoms with Gasteiger partial charge in [-0.1, -0.05) is 15.9 Å². The van der Waals surface area contributed by atoms with Gasteiger partial charge in [-0.15, -0.1) is 0 Å². The van der Waals surface area contributed by atoms with E-state index in [9.17, 15) is 4.79 Å². The van der Waals surface area contributed by atoms with Gasteiger partial charge in [-0.25, -0.2) is 0 Å². The first-order valence-electron chi connectivity index (χ1n) is 6.21. The lowest BCUT2D eigenvalue weighted by molar-refractivity contribution is 0.103. The first kappa shape index (κ1) is 15.4. The van der Waals surface area contributed by atoms with E-state index in [-0.39, 0.29) is 5.78 Å². The summed E-state index contributed by atoms with van der Waals surface area (Å²) < 4.78 is 16.5. The van der Waals surface area contributed by atoms with Gasteiger partial charge < -0.3 is 14.2 Å². The van der Waals surface area contributed by atoms with Crippen LogP contribution in [0.25, 0.3) is 0 Å². The molecule has 110 valence electrons. The molecule has 2 aromatic carbocycles. The van der Waals surface area contributed by atoms with Crippen LogP contribution in [0.4, 0.5) is 0 Å². The molecule has 5 heteroatoms. The zero-order valence-corrected chi connectivity index (χ0v) is 13.6. The number of carbonyl (C=O) groups is 1. The van der Waals surface area contributed by atoms with Crippen LogP contribution in [0.1, 0.15) is 15.9 Å². The van der Waals surface area contributed by atoms with Gasteiger partial charge in [0.1, 0.15) is 17.2 Å². The Hall–Kier alpha value is -2.01. The number of ketones is 1. The molecule has 0 fully saturated rings. The molecule has 0 saturated carbocycles. The van der Waals surface area contributed by atoms with Crippen LogP contribution in [-0.4, -0.2) is 27.1 Å². The first-order valence-corrected chi connectivity index (χ1v) is 7.00. The van der Waals surface area contributed by atoms with E-state index in [1.54, 1.807) is 43.5 Å². The molecule has 0 amide bonds. The summed E-state index contributed by atoms with van der Waals surface area (Å²) >= 11 is 3.36. The van der Waals surface area contributed by atoms with Gasteiger partial charge in [-0.3, -0.25) is 4.79 Å². The zero-order valence-electron chi connectivity index (χ0n) is 12.0. The van der Waals surface area contributed by atoms with Crippen LogP contribution < -0.4 is 14.2 Å². The van der Waals surface area contributed by atoms with Crippen molar-refractivity contribution < 1.29 is 19.0 Å². The summed E-state index contributed by atoms with van der Waals surface area (Å²) in [4.78, 5) is 12.8. The summed E-state index contributed by atoms with van der Waals surface area (Å²) in [5.41, 5.74) is 0.893. The molecule has 4 nitrogen and oxygen atoms in total. The van der Waals surface area contributed by atoms with E-state index in [1.807, 2.05) is 0 Å². The predicted molar refractivity (Wildman–Crippen MR) is 83.7 cm³/mol. The molecule has 0 aliphatic carbocycles. The van der Waals surface area contributed by atoms with Gasteiger partial charge in [0.2, 0.25) is 5.78 Å². The fourth-order valence-electron chi connectivity index (χ4n) is 1.99. The molecule has 0 atom stereocenters. The molecule has 0 aliphatic heterocycles. The Kier molecular flexibility index (Phi) is 4.85. The third-order valence-corrected chi connectivity index (χ3v) is 3.55. The second-order valence-electron chi connectivity index (χ2n) is 4.24. The average Bonchev–Trinajstić information content (AvgIpc) is 2.53. The van der Waals surface area contributed by atoms with Crippen molar-refractivity contribution in [3.05, 3.63) is 52.0 Å². The minimum absolute atomic E-state index is 0.185. The molecule has 0 aromatic heterocycles. The number of benzene rings is 2.